The molecule has 0 saturated heterocycles. The van der Waals surface area contributed by atoms with Crippen LogP contribution in [0.1, 0.15) is 0 Å². The van der Waals surface area contributed by atoms with Crippen molar-refractivity contribution in [2.75, 3.05) is 0 Å². The number of para-hydroxylation sites is 4. The van der Waals surface area contributed by atoms with Crippen molar-refractivity contribution in [3.8, 4) is 33.8 Å². The molecule has 47 heavy (non-hydrogen) atoms. The minimum absolute atomic E-state index is 0.881. The van der Waals surface area contributed by atoms with E-state index in [1.807, 2.05) is 0 Å². The van der Waals surface area contributed by atoms with E-state index < -0.39 is 0 Å². The Bertz CT molecular complexity index is 2770. The van der Waals surface area contributed by atoms with Crippen molar-refractivity contribution >= 4 is 54.6 Å². The Morgan fingerprint density at radius 2 is 1.04 bits per heavy atom. The van der Waals surface area contributed by atoms with Crippen LogP contribution in [0.15, 0.2) is 174 Å². The molecule has 0 aliphatic carbocycles. The number of nitrogens with zero attached hydrogens (tertiary/aromatic N) is 2. The van der Waals surface area contributed by atoms with Gasteiger partial charge in [-0.25, -0.2) is 0 Å². The fourth-order valence-electron chi connectivity index (χ4n) is 7.48. The van der Waals surface area contributed by atoms with Crippen LogP contribution in [0.25, 0.3) is 88.4 Å². The van der Waals surface area contributed by atoms with E-state index in [0.717, 1.165) is 61.2 Å². The molecule has 0 atom stereocenters. The average molecular weight is 601 g/mol. The topological polar surface area (TPSA) is 23.0 Å². The number of aromatic nitrogens is 2. The van der Waals surface area contributed by atoms with Crippen LogP contribution in [-0.2, 0) is 0 Å². The lowest BCUT2D eigenvalue weighted by atomic mass is 10.0. The lowest BCUT2D eigenvalue weighted by Gasteiger charge is -2.14. The Morgan fingerprint density at radius 3 is 1.83 bits per heavy atom. The molecule has 0 amide bonds. The summed E-state index contributed by atoms with van der Waals surface area (Å²) in [6.45, 7) is 0. The fourth-order valence-corrected chi connectivity index (χ4v) is 7.48. The van der Waals surface area contributed by atoms with Gasteiger partial charge in [0.1, 0.15) is 5.58 Å². The van der Waals surface area contributed by atoms with E-state index in [1.165, 1.54) is 27.2 Å². The van der Waals surface area contributed by atoms with Crippen molar-refractivity contribution in [3.05, 3.63) is 170 Å². The summed E-state index contributed by atoms with van der Waals surface area (Å²) in [5.74, 6) is 0. The van der Waals surface area contributed by atoms with Crippen LogP contribution >= 0.6 is 0 Å². The lowest BCUT2D eigenvalue weighted by Crippen LogP contribution is -2.00. The molecule has 10 rings (SSSR count). The summed E-state index contributed by atoms with van der Waals surface area (Å²) in [6, 6.07) is 60.5. The molecule has 3 nitrogen and oxygen atoms in total. The maximum Gasteiger partial charge on any atom is 0.159 e. The monoisotopic (exact) mass is 600 g/mol. The Balaban J connectivity index is 1.37. The van der Waals surface area contributed by atoms with E-state index in [4.69, 9.17) is 4.42 Å². The molecule has 0 aliphatic heterocycles. The molecule has 7 aromatic carbocycles. The molecular weight excluding hydrogens is 572 g/mol. The van der Waals surface area contributed by atoms with Crippen LogP contribution in [0.2, 0.25) is 0 Å². The third-order valence-electron chi connectivity index (χ3n) is 9.51. The molecule has 0 spiro atoms. The summed E-state index contributed by atoms with van der Waals surface area (Å²) in [5, 5.41) is 5.84. The molecule has 0 fully saturated rings. The highest BCUT2D eigenvalue weighted by Crippen LogP contribution is 2.44. The Labute approximate surface area is 271 Å². The molecule has 3 heteroatoms. The van der Waals surface area contributed by atoms with Crippen molar-refractivity contribution in [1.82, 2.24) is 9.13 Å². The standard InChI is InChI=1S/C44H28N2O/c1-4-14-29(15-5-1)33-21-12-22-36-37-23-13-25-39(44(37)47-43(33)36)46-38-24-11-10-20-34(38)35-27-26-31-28-40(30-16-6-2-7-17-30)45(41(31)42(35)46)32-18-8-3-9-19-32/h1-28H. The van der Waals surface area contributed by atoms with Crippen LogP contribution in [0.4, 0.5) is 0 Å². The van der Waals surface area contributed by atoms with Gasteiger partial charge in [-0.1, -0.05) is 140 Å². The van der Waals surface area contributed by atoms with Gasteiger partial charge in [-0.15, -0.1) is 0 Å². The van der Waals surface area contributed by atoms with Gasteiger partial charge >= 0.3 is 0 Å². The summed E-state index contributed by atoms with van der Waals surface area (Å²) in [5.41, 5.74) is 12.0. The van der Waals surface area contributed by atoms with E-state index in [2.05, 4.69) is 179 Å². The molecule has 0 bridgehead atoms. The highest BCUT2D eigenvalue weighted by atomic mass is 16.3. The molecule has 3 aromatic heterocycles. The maximum absolute atomic E-state index is 6.96. The van der Waals surface area contributed by atoms with Gasteiger partial charge in [-0.3, -0.25) is 0 Å². The first-order valence-corrected chi connectivity index (χ1v) is 16.0. The number of rotatable bonds is 4. The van der Waals surface area contributed by atoms with Gasteiger partial charge in [-0.2, -0.15) is 0 Å². The van der Waals surface area contributed by atoms with Gasteiger partial charge < -0.3 is 13.6 Å². The van der Waals surface area contributed by atoms with Crippen LogP contribution in [0.3, 0.4) is 0 Å². The highest BCUT2D eigenvalue weighted by Gasteiger charge is 2.23. The molecule has 0 N–H and O–H groups in total. The smallest absolute Gasteiger partial charge is 0.159 e. The summed E-state index contributed by atoms with van der Waals surface area (Å²) in [6.07, 6.45) is 0. The first-order chi connectivity index (χ1) is 23.3. The zero-order chi connectivity index (χ0) is 30.9. The summed E-state index contributed by atoms with van der Waals surface area (Å²) in [4.78, 5) is 0. The van der Waals surface area contributed by atoms with Gasteiger partial charge in [0.2, 0.25) is 0 Å². The molecule has 3 heterocycles. The van der Waals surface area contributed by atoms with Gasteiger partial charge in [0.25, 0.3) is 0 Å². The van der Waals surface area contributed by atoms with E-state index in [1.54, 1.807) is 0 Å². The number of furan rings is 1. The third-order valence-corrected chi connectivity index (χ3v) is 9.51. The molecule has 0 aliphatic rings. The minimum atomic E-state index is 0.881. The van der Waals surface area contributed by atoms with Crippen LogP contribution < -0.4 is 0 Å². The van der Waals surface area contributed by atoms with Crippen LogP contribution in [0.5, 0.6) is 0 Å². The van der Waals surface area contributed by atoms with Gasteiger partial charge in [0.05, 0.1) is 27.9 Å². The van der Waals surface area contributed by atoms with Gasteiger partial charge in [0, 0.05) is 38.2 Å². The Kier molecular flexibility index (Phi) is 5.57. The molecule has 220 valence electrons. The molecule has 10 aromatic rings. The van der Waals surface area contributed by atoms with E-state index in [-0.39, 0.29) is 0 Å². The number of hydrogen-bond acceptors (Lipinski definition) is 1. The Hall–Kier alpha value is -6.32. The van der Waals surface area contributed by atoms with Gasteiger partial charge in [0.15, 0.2) is 5.58 Å². The van der Waals surface area contributed by atoms with Crippen molar-refractivity contribution in [1.29, 1.82) is 0 Å². The predicted octanol–water partition coefficient (Wildman–Crippen LogP) is 12.0. The second-order valence-corrected chi connectivity index (χ2v) is 12.1. The minimum Gasteiger partial charge on any atom is -0.453 e. The van der Waals surface area contributed by atoms with Crippen molar-refractivity contribution in [2.45, 2.75) is 0 Å². The second kappa shape index (κ2) is 10.1. The first-order valence-electron chi connectivity index (χ1n) is 16.0. The SMILES string of the molecule is c1ccc(-c2cccc3c2oc2c(-n4c5ccccc5c5ccc6cc(-c7ccccc7)n(-c7ccccc7)c6c54)cccc23)cc1. The third kappa shape index (κ3) is 3.81. The summed E-state index contributed by atoms with van der Waals surface area (Å²) < 4.78 is 11.8. The first kappa shape index (κ1) is 26.0. The zero-order valence-corrected chi connectivity index (χ0v) is 25.5. The lowest BCUT2D eigenvalue weighted by molar-refractivity contribution is 0.667. The zero-order valence-electron chi connectivity index (χ0n) is 25.5. The number of hydrogen-bond donors (Lipinski definition) is 0. The van der Waals surface area contributed by atoms with Crippen molar-refractivity contribution in [3.63, 3.8) is 0 Å². The number of fused-ring (bicyclic) bond motifs is 8. The molecular formula is C44H28N2O. The molecule has 0 radical (unpaired) electrons. The summed E-state index contributed by atoms with van der Waals surface area (Å²) in [7, 11) is 0. The molecule has 0 unspecified atom stereocenters. The van der Waals surface area contributed by atoms with Gasteiger partial charge in [-0.05, 0) is 41.5 Å². The second-order valence-electron chi connectivity index (χ2n) is 12.1. The maximum atomic E-state index is 6.96. The van der Waals surface area contributed by atoms with Crippen LogP contribution in [-0.4, -0.2) is 9.13 Å². The fraction of sp³-hybridized carbons (Fsp3) is 0. The normalized spacial score (nSPS) is 11.8. The summed E-state index contributed by atoms with van der Waals surface area (Å²) >= 11 is 0. The largest absolute Gasteiger partial charge is 0.453 e. The predicted molar refractivity (Wildman–Crippen MR) is 196 cm³/mol. The highest BCUT2D eigenvalue weighted by molar-refractivity contribution is 6.20. The van der Waals surface area contributed by atoms with Crippen molar-refractivity contribution < 1.29 is 4.42 Å². The quantitative estimate of drug-likeness (QED) is 0.197. The van der Waals surface area contributed by atoms with Crippen molar-refractivity contribution in [2.24, 2.45) is 0 Å². The van der Waals surface area contributed by atoms with E-state index in [0.29, 0.717) is 0 Å². The number of benzene rings is 7. The molecule has 0 saturated carbocycles. The average Bonchev–Trinajstić information content (AvgIpc) is 3.83. The van der Waals surface area contributed by atoms with Crippen LogP contribution in [0, 0.1) is 0 Å². The Morgan fingerprint density at radius 1 is 0.404 bits per heavy atom. The van der Waals surface area contributed by atoms with E-state index >= 15 is 0 Å². The van der Waals surface area contributed by atoms with E-state index in [9.17, 15) is 0 Å².